The van der Waals surface area contributed by atoms with Crippen molar-refractivity contribution in [3.63, 3.8) is 0 Å². The van der Waals surface area contributed by atoms with Gasteiger partial charge in [-0.3, -0.25) is 13.4 Å². The predicted molar refractivity (Wildman–Crippen MR) is 54.3 cm³/mol. The van der Waals surface area contributed by atoms with E-state index in [-0.39, 0.29) is 23.8 Å². The molecule has 0 aliphatic heterocycles. The average molecular weight is 224 g/mol. The number of rotatable bonds is 7. The standard InChI is InChI=1S/C9H17FO3S/c1-8(2)6-13-9(11)7-14(12)5-3-4-10/h8H,3-7H2,1-2H3. The average Bonchev–Trinajstić information content (AvgIpc) is 2.11. The second kappa shape index (κ2) is 7.91. The van der Waals surface area contributed by atoms with Gasteiger partial charge in [0.1, 0.15) is 5.75 Å². The van der Waals surface area contributed by atoms with Gasteiger partial charge in [-0.25, -0.2) is 0 Å². The van der Waals surface area contributed by atoms with Gasteiger partial charge in [-0.2, -0.15) is 0 Å². The van der Waals surface area contributed by atoms with E-state index < -0.39 is 23.4 Å². The van der Waals surface area contributed by atoms with Crippen molar-refractivity contribution < 1.29 is 18.1 Å². The van der Waals surface area contributed by atoms with Crippen molar-refractivity contribution in [2.75, 3.05) is 24.8 Å². The second-order valence-corrected chi connectivity index (χ2v) is 4.98. The number of ether oxygens (including phenoxy) is 1. The van der Waals surface area contributed by atoms with Crippen LogP contribution in [0.5, 0.6) is 0 Å². The first kappa shape index (κ1) is 13.5. The Labute approximate surface area is 86.5 Å². The monoisotopic (exact) mass is 224 g/mol. The van der Waals surface area contributed by atoms with Crippen LogP contribution in [0.2, 0.25) is 0 Å². The van der Waals surface area contributed by atoms with Crippen molar-refractivity contribution in [1.82, 2.24) is 0 Å². The maximum atomic E-state index is 11.7. The van der Waals surface area contributed by atoms with Crippen LogP contribution < -0.4 is 0 Å². The molecule has 0 bridgehead atoms. The Hall–Kier alpha value is -0.450. The zero-order chi connectivity index (χ0) is 11.0. The van der Waals surface area contributed by atoms with E-state index in [1.165, 1.54) is 0 Å². The molecule has 1 atom stereocenters. The molecule has 0 aliphatic rings. The van der Waals surface area contributed by atoms with Gasteiger partial charge in [-0.15, -0.1) is 0 Å². The Balaban J connectivity index is 3.55. The molecule has 0 aromatic carbocycles. The highest BCUT2D eigenvalue weighted by atomic mass is 32.2. The minimum absolute atomic E-state index is 0.118. The fourth-order valence-electron chi connectivity index (χ4n) is 0.720. The topological polar surface area (TPSA) is 43.4 Å². The lowest BCUT2D eigenvalue weighted by atomic mass is 10.2. The Bertz CT molecular complexity index is 194. The van der Waals surface area contributed by atoms with E-state index >= 15 is 0 Å². The largest absolute Gasteiger partial charge is 0.465 e. The summed E-state index contributed by atoms with van der Waals surface area (Å²) in [6, 6.07) is 0. The van der Waals surface area contributed by atoms with Crippen LogP contribution in [0.15, 0.2) is 0 Å². The van der Waals surface area contributed by atoms with Crippen molar-refractivity contribution in [2.45, 2.75) is 20.3 Å². The van der Waals surface area contributed by atoms with Gasteiger partial charge in [0.25, 0.3) is 0 Å². The molecule has 0 rings (SSSR count). The molecule has 1 unspecified atom stereocenters. The molecular weight excluding hydrogens is 207 g/mol. The Kier molecular flexibility index (Phi) is 7.65. The number of alkyl halides is 1. The van der Waals surface area contributed by atoms with E-state index in [2.05, 4.69) is 0 Å². The summed E-state index contributed by atoms with van der Waals surface area (Å²) in [6.07, 6.45) is 0.240. The van der Waals surface area contributed by atoms with E-state index in [0.717, 1.165) is 0 Å². The lowest BCUT2D eigenvalue weighted by molar-refractivity contribution is -0.141. The van der Waals surface area contributed by atoms with Crippen LogP contribution in [0.4, 0.5) is 4.39 Å². The van der Waals surface area contributed by atoms with Crippen molar-refractivity contribution >= 4 is 16.8 Å². The van der Waals surface area contributed by atoms with Crippen molar-refractivity contribution in [1.29, 1.82) is 0 Å². The van der Waals surface area contributed by atoms with Crippen LogP contribution in [0, 0.1) is 5.92 Å². The molecule has 0 aliphatic carbocycles. The van der Waals surface area contributed by atoms with E-state index in [1.54, 1.807) is 0 Å². The van der Waals surface area contributed by atoms with E-state index in [1.807, 2.05) is 13.8 Å². The van der Waals surface area contributed by atoms with E-state index in [4.69, 9.17) is 4.74 Å². The summed E-state index contributed by atoms with van der Waals surface area (Å²) in [7, 11) is -1.28. The Morgan fingerprint density at radius 1 is 1.50 bits per heavy atom. The number of carbonyl (C=O) groups excluding carboxylic acids is 1. The molecule has 0 fully saturated rings. The first-order chi connectivity index (χ1) is 6.56. The van der Waals surface area contributed by atoms with Crippen LogP contribution >= 0.6 is 0 Å². The summed E-state index contributed by atoms with van der Waals surface area (Å²) in [5.41, 5.74) is 0. The van der Waals surface area contributed by atoms with Gasteiger partial charge in [0.2, 0.25) is 0 Å². The molecular formula is C9H17FO3S. The smallest absolute Gasteiger partial charge is 0.318 e. The third-order valence-corrected chi connectivity index (χ3v) is 2.66. The number of hydrogen-bond donors (Lipinski definition) is 0. The number of hydrogen-bond acceptors (Lipinski definition) is 3. The van der Waals surface area contributed by atoms with Gasteiger partial charge in [-0.1, -0.05) is 13.8 Å². The van der Waals surface area contributed by atoms with Crippen LogP contribution in [-0.2, 0) is 20.3 Å². The predicted octanol–water partition coefficient (Wildman–Crippen LogP) is 1.29. The number of carbonyl (C=O) groups is 1. The van der Waals surface area contributed by atoms with Gasteiger partial charge < -0.3 is 4.74 Å². The molecule has 0 aromatic heterocycles. The van der Waals surface area contributed by atoms with Gasteiger partial charge in [0.05, 0.1) is 13.3 Å². The first-order valence-electron chi connectivity index (χ1n) is 4.62. The SMILES string of the molecule is CC(C)COC(=O)CS(=O)CCCF. The van der Waals surface area contributed by atoms with E-state index in [0.29, 0.717) is 6.61 Å². The molecule has 14 heavy (non-hydrogen) atoms. The molecule has 0 spiro atoms. The van der Waals surface area contributed by atoms with Crippen LogP contribution in [0.25, 0.3) is 0 Å². The Morgan fingerprint density at radius 3 is 2.64 bits per heavy atom. The quantitative estimate of drug-likeness (QED) is 0.612. The highest BCUT2D eigenvalue weighted by Gasteiger charge is 2.09. The third kappa shape index (κ3) is 8.16. The molecule has 0 amide bonds. The molecule has 0 radical (unpaired) electrons. The van der Waals surface area contributed by atoms with Gasteiger partial charge >= 0.3 is 5.97 Å². The van der Waals surface area contributed by atoms with Crippen molar-refractivity contribution in [3.05, 3.63) is 0 Å². The molecule has 0 N–H and O–H groups in total. The third-order valence-electron chi connectivity index (χ3n) is 1.36. The van der Waals surface area contributed by atoms with Crippen LogP contribution in [0.1, 0.15) is 20.3 Å². The zero-order valence-electron chi connectivity index (χ0n) is 8.62. The number of halogens is 1. The lowest BCUT2D eigenvalue weighted by Gasteiger charge is -2.06. The summed E-state index contributed by atoms with van der Waals surface area (Å²) in [5, 5.41) is 0. The van der Waals surface area contributed by atoms with Crippen molar-refractivity contribution in [2.24, 2.45) is 5.92 Å². The Morgan fingerprint density at radius 2 is 2.14 bits per heavy atom. The first-order valence-corrected chi connectivity index (χ1v) is 6.11. The minimum atomic E-state index is -1.28. The molecule has 0 saturated heterocycles. The van der Waals surface area contributed by atoms with Gasteiger partial charge in [-0.05, 0) is 12.3 Å². The highest BCUT2D eigenvalue weighted by Crippen LogP contribution is 1.95. The molecule has 5 heteroatoms. The van der Waals surface area contributed by atoms with Gasteiger partial charge in [0.15, 0.2) is 0 Å². The highest BCUT2D eigenvalue weighted by molar-refractivity contribution is 7.85. The van der Waals surface area contributed by atoms with Crippen LogP contribution in [-0.4, -0.2) is 35.0 Å². The van der Waals surface area contributed by atoms with Gasteiger partial charge in [0, 0.05) is 16.6 Å². The summed E-state index contributed by atoms with van der Waals surface area (Å²) in [4.78, 5) is 11.0. The normalized spacial score (nSPS) is 12.9. The molecule has 84 valence electrons. The molecule has 3 nitrogen and oxygen atoms in total. The maximum absolute atomic E-state index is 11.7. The van der Waals surface area contributed by atoms with E-state index in [9.17, 15) is 13.4 Å². The van der Waals surface area contributed by atoms with Crippen molar-refractivity contribution in [3.8, 4) is 0 Å². The maximum Gasteiger partial charge on any atom is 0.318 e. The van der Waals surface area contributed by atoms with Crippen LogP contribution in [0.3, 0.4) is 0 Å². The zero-order valence-corrected chi connectivity index (χ0v) is 9.44. The fraction of sp³-hybridized carbons (Fsp3) is 0.889. The molecule has 0 heterocycles. The summed E-state index contributed by atoms with van der Waals surface area (Å²) >= 11 is 0. The second-order valence-electron chi connectivity index (χ2n) is 3.41. The summed E-state index contributed by atoms with van der Waals surface area (Å²) in [5.74, 6) is -0.0749. The minimum Gasteiger partial charge on any atom is -0.465 e. The number of esters is 1. The fourth-order valence-corrected chi connectivity index (χ4v) is 1.64. The summed E-state index contributed by atoms with van der Waals surface area (Å²) < 4.78 is 27.6. The summed E-state index contributed by atoms with van der Waals surface area (Å²) in [6.45, 7) is 3.70. The lowest BCUT2D eigenvalue weighted by Crippen LogP contribution is -2.18. The molecule has 0 saturated carbocycles. The molecule has 0 aromatic rings.